The molecule has 1 aromatic carbocycles. The molecule has 1 atom stereocenters. The number of alkyl halides is 3. The van der Waals surface area contributed by atoms with Gasteiger partial charge < -0.3 is 0 Å². The number of hydrogen-bond acceptors (Lipinski definition) is 0. The van der Waals surface area contributed by atoms with E-state index in [1.807, 2.05) is 0 Å². The van der Waals surface area contributed by atoms with Gasteiger partial charge in [-0.3, -0.25) is 0 Å². The van der Waals surface area contributed by atoms with Crippen molar-refractivity contribution in [2.24, 2.45) is 0 Å². The van der Waals surface area contributed by atoms with Gasteiger partial charge in [0.05, 0.1) is 15.1 Å². The van der Waals surface area contributed by atoms with E-state index in [0.717, 1.165) is 25.1 Å². The lowest BCUT2D eigenvalue weighted by atomic mass is 9.82. The van der Waals surface area contributed by atoms with E-state index in [-0.39, 0.29) is 20.6 Å². The third-order valence-electron chi connectivity index (χ3n) is 2.58. The first-order chi connectivity index (χ1) is 7.63. The van der Waals surface area contributed by atoms with E-state index < -0.39 is 11.6 Å². The molecular weight excluding hydrogens is 295 g/mol. The van der Waals surface area contributed by atoms with Crippen LogP contribution in [0.15, 0.2) is 24.8 Å². The summed E-state index contributed by atoms with van der Waals surface area (Å²) in [6, 6.07) is 2.29. The zero-order valence-electron chi connectivity index (χ0n) is 8.71. The summed E-state index contributed by atoms with van der Waals surface area (Å²) in [6.07, 6.45) is -3.68. The van der Waals surface area contributed by atoms with Gasteiger partial charge in [0, 0.05) is 0 Å². The van der Waals surface area contributed by atoms with Gasteiger partial charge in [-0.25, -0.2) is 0 Å². The Kier molecular flexibility index (Phi) is 4.07. The van der Waals surface area contributed by atoms with Gasteiger partial charge in [-0.15, -0.1) is 6.58 Å². The molecular formula is C11H8Cl3F3. The van der Waals surface area contributed by atoms with Crippen LogP contribution in [-0.2, 0) is 5.41 Å². The molecule has 0 spiro atoms. The van der Waals surface area contributed by atoms with Gasteiger partial charge in [-0.1, -0.05) is 40.9 Å². The maximum absolute atomic E-state index is 13.0. The molecule has 0 aromatic heterocycles. The summed E-state index contributed by atoms with van der Waals surface area (Å²) in [4.78, 5) is 0. The molecule has 94 valence electrons. The lowest BCUT2D eigenvalue weighted by Gasteiger charge is -2.29. The average Bonchev–Trinajstić information content (AvgIpc) is 2.22. The largest absolute Gasteiger partial charge is 0.401 e. The van der Waals surface area contributed by atoms with E-state index in [9.17, 15) is 13.2 Å². The van der Waals surface area contributed by atoms with Crippen molar-refractivity contribution in [3.8, 4) is 0 Å². The first-order valence-corrected chi connectivity index (χ1v) is 5.62. The molecule has 0 aliphatic carbocycles. The maximum Gasteiger partial charge on any atom is 0.401 e. The molecule has 0 saturated carbocycles. The van der Waals surface area contributed by atoms with E-state index in [0.29, 0.717) is 0 Å². The number of rotatable bonds is 2. The smallest absolute Gasteiger partial charge is 0.170 e. The van der Waals surface area contributed by atoms with Crippen molar-refractivity contribution in [1.29, 1.82) is 0 Å². The second-order valence-electron chi connectivity index (χ2n) is 3.66. The van der Waals surface area contributed by atoms with Gasteiger partial charge in [0.1, 0.15) is 5.41 Å². The fourth-order valence-corrected chi connectivity index (χ4v) is 1.85. The lowest BCUT2D eigenvalue weighted by molar-refractivity contribution is -0.170. The predicted octanol–water partition coefficient (Wildman–Crippen LogP) is 5.65. The van der Waals surface area contributed by atoms with Crippen LogP contribution >= 0.6 is 34.8 Å². The quantitative estimate of drug-likeness (QED) is 0.489. The molecule has 0 fully saturated rings. The number of allylic oxidation sites excluding steroid dienone is 1. The summed E-state index contributed by atoms with van der Waals surface area (Å²) in [6.45, 7) is 4.21. The van der Waals surface area contributed by atoms with E-state index in [4.69, 9.17) is 34.8 Å². The van der Waals surface area contributed by atoms with E-state index in [1.165, 1.54) is 0 Å². The third-order valence-corrected chi connectivity index (χ3v) is 3.78. The number of benzene rings is 1. The monoisotopic (exact) mass is 302 g/mol. The Hall–Kier alpha value is -0.380. The Bertz CT molecular complexity index is 431. The third kappa shape index (κ3) is 2.56. The summed E-state index contributed by atoms with van der Waals surface area (Å²) in [5.41, 5.74) is -2.32. The minimum Gasteiger partial charge on any atom is -0.170 e. The van der Waals surface area contributed by atoms with Crippen molar-refractivity contribution in [2.45, 2.75) is 18.5 Å². The zero-order valence-corrected chi connectivity index (χ0v) is 11.0. The number of halogens is 6. The highest BCUT2D eigenvalue weighted by atomic mass is 35.5. The Morgan fingerprint density at radius 3 is 1.82 bits per heavy atom. The molecule has 0 amide bonds. The molecule has 1 aromatic rings. The molecule has 0 radical (unpaired) electrons. The molecule has 0 N–H and O–H groups in total. The van der Waals surface area contributed by atoms with Gasteiger partial charge in [0.15, 0.2) is 0 Å². The molecule has 0 bridgehead atoms. The highest BCUT2D eigenvalue weighted by molar-refractivity contribution is 6.48. The van der Waals surface area contributed by atoms with Crippen LogP contribution in [0.2, 0.25) is 15.1 Å². The lowest BCUT2D eigenvalue weighted by Crippen LogP contribution is -2.37. The minimum absolute atomic E-state index is 0.0218. The molecule has 1 unspecified atom stereocenters. The SMILES string of the molecule is C=CC(C)(c1cc(Cl)c(Cl)c(Cl)c1)C(F)(F)F. The van der Waals surface area contributed by atoms with E-state index >= 15 is 0 Å². The summed E-state index contributed by atoms with van der Waals surface area (Å²) in [7, 11) is 0. The molecule has 17 heavy (non-hydrogen) atoms. The molecule has 6 heteroatoms. The van der Waals surface area contributed by atoms with Crippen LogP contribution in [0.3, 0.4) is 0 Å². The van der Waals surface area contributed by atoms with Crippen LogP contribution in [0.25, 0.3) is 0 Å². The number of hydrogen-bond donors (Lipinski definition) is 0. The zero-order chi connectivity index (χ0) is 13.4. The summed E-state index contributed by atoms with van der Waals surface area (Å²) >= 11 is 17.1. The van der Waals surface area contributed by atoms with Crippen LogP contribution in [-0.4, -0.2) is 6.18 Å². The standard InChI is InChI=1S/C11H8Cl3F3/c1-3-10(2,11(15,16)17)6-4-7(12)9(14)8(13)5-6/h3-5H,1H2,2H3. The van der Waals surface area contributed by atoms with Crippen LogP contribution in [0, 0.1) is 0 Å². The molecule has 1 rings (SSSR count). The summed E-state index contributed by atoms with van der Waals surface area (Å²) in [5.74, 6) is 0. The molecule has 0 aliphatic rings. The predicted molar refractivity (Wildman–Crippen MR) is 65.1 cm³/mol. The van der Waals surface area contributed by atoms with E-state index in [2.05, 4.69) is 6.58 Å². The highest BCUT2D eigenvalue weighted by Crippen LogP contribution is 2.44. The average molecular weight is 304 g/mol. The van der Waals surface area contributed by atoms with Gasteiger partial charge in [-0.2, -0.15) is 13.2 Å². The Morgan fingerprint density at radius 1 is 1.12 bits per heavy atom. The van der Waals surface area contributed by atoms with Crippen molar-refractivity contribution in [2.75, 3.05) is 0 Å². The van der Waals surface area contributed by atoms with Gasteiger partial charge in [-0.05, 0) is 24.6 Å². The Labute approximate surface area is 112 Å². The van der Waals surface area contributed by atoms with Crippen molar-refractivity contribution < 1.29 is 13.2 Å². The first-order valence-electron chi connectivity index (χ1n) is 4.49. The Morgan fingerprint density at radius 2 is 1.53 bits per heavy atom. The Balaban J connectivity index is 3.47. The second-order valence-corrected chi connectivity index (χ2v) is 4.85. The van der Waals surface area contributed by atoms with Gasteiger partial charge in [0.25, 0.3) is 0 Å². The minimum atomic E-state index is -4.49. The fraction of sp³-hybridized carbons (Fsp3) is 0.273. The van der Waals surface area contributed by atoms with Crippen molar-refractivity contribution in [3.05, 3.63) is 45.4 Å². The summed E-state index contributed by atoms with van der Waals surface area (Å²) in [5, 5.41) is -0.0105. The molecule has 0 aliphatic heterocycles. The van der Waals surface area contributed by atoms with Crippen LogP contribution < -0.4 is 0 Å². The van der Waals surface area contributed by atoms with Crippen LogP contribution in [0.4, 0.5) is 13.2 Å². The summed E-state index contributed by atoms with van der Waals surface area (Å²) < 4.78 is 38.9. The molecule has 0 saturated heterocycles. The van der Waals surface area contributed by atoms with Crippen LogP contribution in [0.5, 0.6) is 0 Å². The van der Waals surface area contributed by atoms with Crippen LogP contribution in [0.1, 0.15) is 12.5 Å². The normalized spacial score (nSPS) is 15.5. The second kappa shape index (κ2) is 4.71. The highest BCUT2D eigenvalue weighted by Gasteiger charge is 2.50. The molecule has 0 heterocycles. The van der Waals surface area contributed by atoms with Gasteiger partial charge >= 0.3 is 6.18 Å². The van der Waals surface area contributed by atoms with Crippen molar-refractivity contribution in [1.82, 2.24) is 0 Å². The first kappa shape index (κ1) is 14.7. The van der Waals surface area contributed by atoms with Crippen molar-refractivity contribution >= 4 is 34.8 Å². The van der Waals surface area contributed by atoms with Crippen molar-refractivity contribution in [3.63, 3.8) is 0 Å². The topological polar surface area (TPSA) is 0 Å². The molecule has 0 nitrogen and oxygen atoms in total. The van der Waals surface area contributed by atoms with E-state index in [1.54, 1.807) is 0 Å². The fourth-order valence-electron chi connectivity index (χ4n) is 1.25. The van der Waals surface area contributed by atoms with Gasteiger partial charge in [0.2, 0.25) is 0 Å². The maximum atomic E-state index is 13.0.